The third-order valence-corrected chi connectivity index (χ3v) is 5.17. The Morgan fingerprint density at radius 1 is 0.919 bits per heavy atom. The van der Waals surface area contributed by atoms with Crippen LogP contribution in [0.4, 0.5) is 27.8 Å². The first-order valence-corrected chi connectivity index (χ1v) is 13.7. The molecule has 0 aliphatic rings. The van der Waals surface area contributed by atoms with Crippen LogP contribution < -0.4 is 27.4 Å². The number of nitrogens with zero attached hydrogens (tertiary/aromatic N) is 1. The molecule has 206 valence electrons. The van der Waals surface area contributed by atoms with Crippen molar-refractivity contribution < 1.29 is 4.79 Å². The van der Waals surface area contributed by atoms with E-state index in [-0.39, 0.29) is 5.91 Å². The van der Waals surface area contributed by atoms with E-state index in [2.05, 4.69) is 55.6 Å². The zero-order chi connectivity index (χ0) is 28.5. The van der Waals surface area contributed by atoms with Crippen LogP contribution in [0.15, 0.2) is 41.9 Å². The van der Waals surface area contributed by atoms with Crippen LogP contribution in [0.2, 0.25) is 0 Å². The van der Waals surface area contributed by atoms with Gasteiger partial charge in [0.15, 0.2) is 5.69 Å². The van der Waals surface area contributed by atoms with Crippen molar-refractivity contribution in [2.75, 3.05) is 41.0 Å². The maximum atomic E-state index is 12.3. The van der Waals surface area contributed by atoms with E-state index in [1.807, 2.05) is 65.1 Å². The summed E-state index contributed by atoms with van der Waals surface area (Å²) in [5.41, 5.74) is 18.8. The van der Waals surface area contributed by atoms with Crippen LogP contribution in [0.5, 0.6) is 0 Å². The zero-order valence-corrected chi connectivity index (χ0v) is 25.1. The number of hydrogen-bond acceptors (Lipinski definition) is 7. The minimum atomic E-state index is -0.250. The number of thiazole rings is 1. The molecule has 1 aromatic heterocycles. The number of hydrogen-bond donors (Lipinski definition) is 5. The second-order valence-corrected chi connectivity index (χ2v) is 10.3. The Morgan fingerprint density at radius 3 is 1.86 bits per heavy atom. The number of nitrogen functional groups attached to an aromatic ring is 2. The summed E-state index contributed by atoms with van der Waals surface area (Å²) in [7, 11) is 1.87. The summed E-state index contributed by atoms with van der Waals surface area (Å²) in [5, 5.41) is 9.87. The van der Waals surface area contributed by atoms with Crippen molar-refractivity contribution in [3.05, 3.63) is 58.7 Å². The van der Waals surface area contributed by atoms with E-state index < -0.39 is 0 Å². The third-order valence-electron chi connectivity index (χ3n) is 4.39. The molecule has 0 saturated heterocycles. The Morgan fingerprint density at radius 2 is 1.41 bits per heavy atom. The Kier molecular flexibility index (Phi) is 16.5. The lowest BCUT2D eigenvalue weighted by molar-refractivity contribution is 0.102. The molecule has 2 aromatic carbocycles. The molecule has 0 radical (unpaired) electrons. The number of benzene rings is 2. The van der Waals surface area contributed by atoms with Crippen LogP contribution in [0.3, 0.4) is 0 Å². The molecule has 7 nitrogen and oxygen atoms in total. The fourth-order valence-electron chi connectivity index (χ4n) is 2.68. The van der Waals surface area contributed by atoms with Crippen molar-refractivity contribution in [3.8, 4) is 0 Å². The Hall–Kier alpha value is -3.26. The largest absolute Gasteiger partial charge is 0.397 e. The molecule has 3 aromatic rings. The van der Waals surface area contributed by atoms with Gasteiger partial charge < -0.3 is 27.4 Å². The average molecular weight is 529 g/mol. The highest BCUT2D eigenvalue weighted by molar-refractivity contribution is 7.14. The van der Waals surface area contributed by atoms with E-state index in [9.17, 15) is 4.79 Å². The second-order valence-electron chi connectivity index (χ2n) is 9.42. The molecule has 0 aliphatic heterocycles. The van der Waals surface area contributed by atoms with Crippen LogP contribution in [-0.2, 0) is 0 Å². The van der Waals surface area contributed by atoms with Gasteiger partial charge in [0.25, 0.3) is 5.91 Å². The fourth-order valence-corrected chi connectivity index (χ4v) is 3.36. The van der Waals surface area contributed by atoms with Gasteiger partial charge in [-0.2, -0.15) is 0 Å². The highest BCUT2D eigenvalue weighted by Gasteiger charge is 2.16. The summed E-state index contributed by atoms with van der Waals surface area (Å²) >= 11 is 1.42. The van der Waals surface area contributed by atoms with Crippen molar-refractivity contribution >= 4 is 45.0 Å². The number of aromatic nitrogens is 1. The molecule has 8 heteroatoms. The fraction of sp³-hybridized carbons (Fsp3) is 0.448. The molecule has 1 amide bonds. The Balaban J connectivity index is 0.000000671. The van der Waals surface area contributed by atoms with Gasteiger partial charge in [0, 0.05) is 13.6 Å². The molecular weight excluding hydrogens is 480 g/mol. The van der Waals surface area contributed by atoms with Crippen LogP contribution in [0.1, 0.15) is 70.1 Å². The topological polar surface area (TPSA) is 118 Å². The highest BCUT2D eigenvalue weighted by Crippen LogP contribution is 2.24. The van der Waals surface area contributed by atoms with Gasteiger partial charge >= 0.3 is 0 Å². The maximum Gasteiger partial charge on any atom is 0.277 e. The highest BCUT2D eigenvalue weighted by atomic mass is 32.1. The third kappa shape index (κ3) is 13.6. The molecule has 7 N–H and O–H groups in total. The molecule has 0 unspecified atom stereocenters. The summed E-state index contributed by atoms with van der Waals surface area (Å²) in [4.78, 5) is 16.5. The monoisotopic (exact) mass is 528 g/mol. The van der Waals surface area contributed by atoms with Gasteiger partial charge in [-0.05, 0) is 61.1 Å². The molecule has 0 saturated carbocycles. The molecule has 0 atom stereocenters. The minimum Gasteiger partial charge on any atom is -0.397 e. The predicted octanol–water partition coefficient (Wildman–Crippen LogP) is 7.66. The van der Waals surface area contributed by atoms with Gasteiger partial charge in [-0.1, -0.05) is 60.6 Å². The molecule has 1 heterocycles. The van der Waals surface area contributed by atoms with E-state index >= 15 is 0 Å². The van der Waals surface area contributed by atoms with E-state index in [4.69, 9.17) is 11.5 Å². The van der Waals surface area contributed by atoms with Gasteiger partial charge in [0.2, 0.25) is 0 Å². The number of nitrogens with two attached hydrogens (primary N) is 2. The number of nitrogens with one attached hydrogen (secondary N) is 3. The Labute approximate surface area is 228 Å². The summed E-state index contributed by atoms with van der Waals surface area (Å²) in [6.07, 6.45) is 0. The lowest BCUT2D eigenvalue weighted by Gasteiger charge is -2.10. The Bertz CT molecular complexity index is 1060. The van der Waals surface area contributed by atoms with Crippen LogP contribution in [0.25, 0.3) is 0 Å². The first-order valence-electron chi connectivity index (χ1n) is 12.8. The summed E-state index contributed by atoms with van der Waals surface area (Å²) in [6, 6.07) is 11.5. The molecule has 3 rings (SSSR count). The van der Waals surface area contributed by atoms with Crippen molar-refractivity contribution in [2.24, 2.45) is 11.8 Å². The molecule has 0 fully saturated rings. The quantitative estimate of drug-likeness (QED) is 0.210. The van der Waals surface area contributed by atoms with Crippen LogP contribution >= 0.6 is 11.3 Å². The first kappa shape index (κ1) is 33.7. The average Bonchev–Trinajstić information content (AvgIpc) is 3.32. The molecule has 0 spiro atoms. The van der Waals surface area contributed by atoms with Gasteiger partial charge in [-0.25, -0.2) is 4.98 Å². The second kappa shape index (κ2) is 18.1. The van der Waals surface area contributed by atoms with Gasteiger partial charge in [0.05, 0.1) is 28.3 Å². The number of carbonyl (C=O) groups is 1. The van der Waals surface area contributed by atoms with E-state index in [1.165, 1.54) is 16.9 Å². The minimum absolute atomic E-state index is 0.250. The van der Waals surface area contributed by atoms with E-state index in [0.29, 0.717) is 23.0 Å². The molecule has 0 bridgehead atoms. The van der Waals surface area contributed by atoms with Crippen LogP contribution in [0, 0.1) is 25.7 Å². The number of anilines is 5. The lowest BCUT2D eigenvalue weighted by atomic mass is 10.2. The first-order chi connectivity index (χ1) is 17.4. The smallest absolute Gasteiger partial charge is 0.277 e. The van der Waals surface area contributed by atoms with Gasteiger partial charge in [-0.3, -0.25) is 4.79 Å². The predicted molar refractivity (Wildman–Crippen MR) is 166 cm³/mol. The standard InChI is InChI=1S/C15H20N4OS.C8H12N2.C4H10.C2H6/c1-9(2)7-17-15-13(18-8-21-15)14(20)19-12-6-10(3)4-5-11(12)16;1-6-3-4-7(9)8(5-6)10-2;1-4(2)3;1-2/h4-6,8-9,17H,7,16H2,1-3H3,(H,19,20);3-5,10H,9H2,1-2H3;4H,1-3H3;1-2H3. The summed E-state index contributed by atoms with van der Waals surface area (Å²) < 4.78 is 0. The number of amides is 1. The lowest BCUT2D eigenvalue weighted by Crippen LogP contribution is -2.17. The summed E-state index contributed by atoms with van der Waals surface area (Å²) in [5.74, 6) is 1.08. The molecule has 0 aliphatic carbocycles. The van der Waals surface area contributed by atoms with Crippen molar-refractivity contribution in [1.29, 1.82) is 0 Å². The number of rotatable bonds is 6. The maximum absolute atomic E-state index is 12.3. The van der Waals surface area contributed by atoms with Crippen molar-refractivity contribution in [2.45, 2.75) is 62.3 Å². The summed E-state index contributed by atoms with van der Waals surface area (Å²) in [6.45, 7) is 19.5. The SMILES string of the molecule is CC.CC(C)C.CNc1cc(C)ccc1N.Cc1ccc(N)c(NC(=O)c2ncsc2NCC(C)C)c1. The molecular formula is C29H48N6OS. The number of aryl methyl sites for hydroxylation is 2. The van der Waals surface area contributed by atoms with E-state index in [1.54, 1.807) is 11.6 Å². The normalized spacial score (nSPS) is 9.73. The van der Waals surface area contributed by atoms with Gasteiger partial charge in [0.1, 0.15) is 5.00 Å². The number of carbonyl (C=O) groups excluding carboxylic acids is 1. The van der Waals surface area contributed by atoms with Gasteiger partial charge in [-0.15, -0.1) is 11.3 Å². The van der Waals surface area contributed by atoms with Crippen molar-refractivity contribution in [1.82, 2.24) is 4.98 Å². The van der Waals surface area contributed by atoms with E-state index in [0.717, 1.165) is 34.4 Å². The van der Waals surface area contributed by atoms with Crippen molar-refractivity contribution in [3.63, 3.8) is 0 Å². The van der Waals surface area contributed by atoms with Crippen LogP contribution in [-0.4, -0.2) is 24.5 Å². The molecule has 37 heavy (non-hydrogen) atoms. The zero-order valence-electron chi connectivity index (χ0n) is 24.3.